The minimum Gasteiger partial charge on any atom is -0.493 e. The lowest BCUT2D eigenvalue weighted by Crippen LogP contribution is -2.40. The molecule has 0 saturated heterocycles. The van der Waals surface area contributed by atoms with Crippen LogP contribution < -0.4 is 19.6 Å². The number of aromatic nitrogens is 1. The van der Waals surface area contributed by atoms with E-state index >= 15 is 0 Å². The number of nitrogens with zero attached hydrogens (tertiary/aromatic N) is 2. The number of carbonyl (C=O) groups is 1. The lowest BCUT2D eigenvalue weighted by molar-refractivity contribution is -0.140. The molecule has 0 aliphatic carbocycles. The molecule has 1 aromatic heterocycles. The summed E-state index contributed by atoms with van der Waals surface area (Å²) in [6.07, 6.45) is 3.79. The highest BCUT2D eigenvalue weighted by Gasteiger charge is 2.33. The van der Waals surface area contributed by atoms with E-state index in [0.717, 1.165) is 29.7 Å². The van der Waals surface area contributed by atoms with Gasteiger partial charge in [0.2, 0.25) is 0 Å². The zero-order chi connectivity index (χ0) is 26.4. The molecule has 0 fully saturated rings. The van der Waals surface area contributed by atoms with Crippen molar-refractivity contribution in [1.29, 1.82) is 0 Å². The number of rotatable bonds is 10. The van der Waals surface area contributed by atoms with Crippen LogP contribution in [0.5, 0.6) is 5.75 Å². The number of ether oxygens (including phenoxy) is 3. The summed E-state index contributed by atoms with van der Waals surface area (Å²) in [7, 11) is 1.53. The average molecular weight is 541 g/mol. The number of hydrogen-bond acceptors (Lipinski definition) is 7. The van der Waals surface area contributed by atoms with Gasteiger partial charge in [-0.25, -0.2) is 9.79 Å². The molecule has 0 N–H and O–H groups in total. The number of fused-ring (bicyclic) bond motifs is 1. The van der Waals surface area contributed by atoms with Crippen LogP contribution in [-0.2, 0) is 14.3 Å². The van der Waals surface area contributed by atoms with Gasteiger partial charge in [0.15, 0.2) is 4.80 Å². The minimum atomic E-state index is -0.707. The molecule has 0 spiro atoms. The molecule has 194 valence electrons. The van der Waals surface area contributed by atoms with E-state index in [1.807, 2.05) is 42.5 Å². The van der Waals surface area contributed by atoms with Crippen LogP contribution in [0.15, 0.2) is 69.6 Å². The first-order chi connectivity index (χ1) is 17.9. The first-order valence-corrected chi connectivity index (χ1v) is 13.3. The second-order valence-electron chi connectivity index (χ2n) is 8.50. The molecule has 2 heterocycles. The summed E-state index contributed by atoms with van der Waals surface area (Å²) in [6.45, 7) is 4.83. The topological polar surface area (TPSA) is 79.1 Å². The van der Waals surface area contributed by atoms with Crippen LogP contribution in [0.25, 0.3) is 6.08 Å². The van der Waals surface area contributed by atoms with Gasteiger partial charge in [0.25, 0.3) is 5.56 Å². The van der Waals surface area contributed by atoms with Crippen molar-refractivity contribution >= 4 is 35.0 Å². The number of benzene rings is 2. The summed E-state index contributed by atoms with van der Waals surface area (Å²) in [5, 5.41) is 0.556. The fraction of sp³-hybridized carbons (Fsp3) is 0.321. The second kappa shape index (κ2) is 12.4. The van der Waals surface area contributed by atoms with Crippen molar-refractivity contribution < 1.29 is 19.0 Å². The molecule has 1 aliphatic rings. The summed E-state index contributed by atoms with van der Waals surface area (Å²) >= 11 is 7.40. The van der Waals surface area contributed by atoms with Crippen LogP contribution >= 0.6 is 22.9 Å². The molecule has 4 rings (SSSR count). The van der Waals surface area contributed by atoms with E-state index in [1.165, 1.54) is 18.4 Å². The van der Waals surface area contributed by atoms with E-state index in [4.69, 9.17) is 25.8 Å². The molecule has 3 aromatic rings. The van der Waals surface area contributed by atoms with E-state index < -0.39 is 12.0 Å². The Labute approximate surface area is 224 Å². The zero-order valence-electron chi connectivity index (χ0n) is 21.0. The third kappa shape index (κ3) is 6.04. The highest BCUT2D eigenvalue weighted by Crippen LogP contribution is 2.31. The van der Waals surface area contributed by atoms with Crippen LogP contribution in [0.2, 0.25) is 5.02 Å². The van der Waals surface area contributed by atoms with Gasteiger partial charge >= 0.3 is 5.97 Å². The number of halogens is 1. The maximum absolute atomic E-state index is 13.8. The fourth-order valence-corrected chi connectivity index (χ4v) is 5.20. The van der Waals surface area contributed by atoms with E-state index in [9.17, 15) is 9.59 Å². The molecule has 1 aliphatic heterocycles. The van der Waals surface area contributed by atoms with Crippen molar-refractivity contribution in [2.24, 2.45) is 4.99 Å². The Bertz CT molecular complexity index is 1470. The molecule has 7 nitrogen and oxygen atoms in total. The molecule has 0 radical (unpaired) electrons. The van der Waals surface area contributed by atoms with Crippen molar-refractivity contribution in [2.45, 2.75) is 32.7 Å². The average Bonchev–Trinajstić information content (AvgIpc) is 3.19. The van der Waals surface area contributed by atoms with E-state index in [-0.39, 0.29) is 18.8 Å². The number of thiazole rings is 1. The van der Waals surface area contributed by atoms with Gasteiger partial charge in [0, 0.05) is 17.7 Å². The summed E-state index contributed by atoms with van der Waals surface area (Å²) in [4.78, 5) is 32.1. The molecule has 0 amide bonds. The molecule has 9 heteroatoms. The van der Waals surface area contributed by atoms with Gasteiger partial charge in [-0.1, -0.05) is 66.6 Å². The predicted octanol–water partition coefficient (Wildman–Crippen LogP) is 4.26. The van der Waals surface area contributed by atoms with Crippen molar-refractivity contribution in [3.8, 4) is 5.75 Å². The molecular weight excluding hydrogens is 512 g/mol. The van der Waals surface area contributed by atoms with E-state index in [0.29, 0.717) is 32.2 Å². The van der Waals surface area contributed by atoms with Crippen molar-refractivity contribution in [2.75, 3.05) is 26.9 Å². The Hall–Kier alpha value is -3.20. The van der Waals surface area contributed by atoms with Crippen LogP contribution in [-0.4, -0.2) is 37.5 Å². The lowest BCUT2D eigenvalue weighted by atomic mass is 9.96. The van der Waals surface area contributed by atoms with Crippen LogP contribution in [0.1, 0.15) is 43.9 Å². The van der Waals surface area contributed by atoms with Crippen molar-refractivity contribution in [3.63, 3.8) is 0 Å². The first kappa shape index (κ1) is 26.9. The number of carbonyl (C=O) groups excluding carboxylic acids is 1. The van der Waals surface area contributed by atoms with E-state index in [1.54, 1.807) is 23.6 Å². The number of allylic oxidation sites excluding steroid dienone is 1. The monoisotopic (exact) mass is 540 g/mol. The van der Waals surface area contributed by atoms with Crippen LogP contribution in [0, 0.1) is 0 Å². The zero-order valence-corrected chi connectivity index (χ0v) is 22.6. The molecular formula is C28H29ClN2O5S. The maximum Gasteiger partial charge on any atom is 0.338 e. The van der Waals surface area contributed by atoms with Gasteiger partial charge in [-0.15, -0.1) is 0 Å². The number of hydrogen-bond donors (Lipinski definition) is 0. The minimum absolute atomic E-state index is 0.0959. The highest BCUT2D eigenvalue weighted by atomic mass is 35.5. The summed E-state index contributed by atoms with van der Waals surface area (Å²) in [6, 6.07) is 14.0. The molecule has 1 atom stereocenters. The smallest absolute Gasteiger partial charge is 0.338 e. The summed E-state index contributed by atoms with van der Waals surface area (Å²) < 4.78 is 18.5. The van der Waals surface area contributed by atoms with Gasteiger partial charge in [-0.2, -0.15) is 0 Å². The van der Waals surface area contributed by atoms with Gasteiger partial charge < -0.3 is 14.2 Å². The highest BCUT2D eigenvalue weighted by molar-refractivity contribution is 7.07. The Morgan fingerprint density at radius 3 is 2.62 bits per heavy atom. The normalized spacial score (nSPS) is 15.4. The Kier molecular flexibility index (Phi) is 8.97. The summed E-state index contributed by atoms with van der Waals surface area (Å²) in [5.74, 6) is 0.178. The number of methoxy groups -OCH3 is 1. The maximum atomic E-state index is 13.8. The fourth-order valence-electron chi connectivity index (χ4n) is 4.04. The van der Waals surface area contributed by atoms with Crippen LogP contribution in [0.4, 0.5) is 0 Å². The number of para-hydroxylation sites is 1. The quantitative estimate of drug-likeness (QED) is 0.284. The largest absolute Gasteiger partial charge is 0.493 e. The molecule has 0 bridgehead atoms. The predicted molar refractivity (Wildman–Crippen MR) is 145 cm³/mol. The Balaban J connectivity index is 1.83. The molecule has 37 heavy (non-hydrogen) atoms. The standard InChI is InChI=1S/C28H29ClN2O5S/c1-4-5-14-35-22-9-7-6-8-20(22)17-23-26(32)31-25(19-10-12-21(29)13-11-19)24(18(2)30-28(31)37-23)27(33)36-16-15-34-3/h6-13,17,25H,4-5,14-16H2,1-3H3. The Morgan fingerprint density at radius 1 is 1.14 bits per heavy atom. The molecule has 1 unspecified atom stereocenters. The number of unbranched alkanes of at least 4 members (excludes halogenated alkanes) is 1. The van der Waals surface area contributed by atoms with Crippen LogP contribution in [0.3, 0.4) is 0 Å². The first-order valence-electron chi connectivity index (χ1n) is 12.1. The number of esters is 1. The molecule has 0 saturated carbocycles. The van der Waals surface area contributed by atoms with Gasteiger partial charge in [-0.05, 0) is 43.2 Å². The lowest BCUT2D eigenvalue weighted by Gasteiger charge is -2.24. The third-order valence-corrected chi connectivity index (χ3v) is 7.14. The van der Waals surface area contributed by atoms with Crippen molar-refractivity contribution in [1.82, 2.24) is 4.57 Å². The second-order valence-corrected chi connectivity index (χ2v) is 9.95. The van der Waals surface area contributed by atoms with Gasteiger partial charge in [0.1, 0.15) is 12.4 Å². The van der Waals surface area contributed by atoms with Gasteiger partial charge in [-0.3, -0.25) is 9.36 Å². The third-order valence-electron chi connectivity index (χ3n) is 5.91. The van der Waals surface area contributed by atoms with Gasteiger partial charge in [0.05, 0.1) is 35.1 Å². The van der Waals surface area contributed by atoms with E-state index in [2.05, 4.69) is 11.9 Å². The SMILES string of the molecule is CCCCOc1ccccc1C=c1sc2n(c1=O)C(c1ccc(Cl)cc1)C(C(=O)OCCOC)=C(C)N=2. The molecule has 2 aromatic carbocycles. The van der Waals surface area contributed by atoms with Crippen molar-refractivity contribution in [3.05, 3.63) is 95.6 Å². The summed E-state index contributed by atoms with van der Waals surface area (Å²) in [5.41, 5.74) is 2.09. The Morgan fingerprint density at radius 2 is 1.89 bits per heavy atom.